The molecule has 0 unspecified atom stereocenters. The van der Waals surface area contributed by atoms with Gasteiger partial charge in [0.15, 0.2) is 0 Å². The first kappa shape index (κ1) is 12.9. The summed E-state index contributed by atoms with van der Waals surface area (Å²) in [6, 6.07) is 11.8. The number of phenolic OH excluding ortho intramolecular Hbond substituents is 1. The lowest BCUT2D eigenvalue weighted by Crippen LogP contribution is -2.16. The van der Waals surface area contributed by atoms with Crippen molar-refractivity contribution in [2.24, 2.45) is 0 Å². The van der Waals surface area contributed by atoms with Crippen LogP contribution in [0.15, 0.2) is 36.4 Å². The van der Waals surface area contributed by atoms with Gasteiger partial charge in [-0.15, -0.1) is 0 Å². The van der Waals surface area contributed by atoms with Crippen LogP contribution in [0.5, 0.6) is 5.75 Å². The zero-order valence-corrected chi connectivity index (χ0v) is 10.6. The fourth-order valence-electron chi connectivity index (χ4n) is 2.07. The van der Waals surface area contributed by atoms with Crippen LogP contribution in [0.4, 0.5) is 0 Å². The quantitative estimate of drug-likeness (QED) is 0.769. The number of fused-ring (bicyclic) bond motifs is 1. The largest absolute Gasteiger partial charge is 0.508 e. The van der Waals surface area contributed by atoms with Gasteiger partial charge in [0.2, 0.25) is 0 Å². The monoisotopic (exact) mass is 245 g/mol. The first-order valence-electron chi connectivity index (χ1n) is 6.22. The molecule has 0 saturated heterocycles. The number of nitrogens with one attached hydrogen (secondary N) is 1. The van der Waals surface area contributed by atoms with E-state index in [-0.39, 0.29) is 0 Å². The van der Waals surface area contributed by atoms with Crippen LogP contribution in [0.2, 0.25) is 0 Å². The molecular weight excluding hydrogens is 226 g/mol. The van der Waals surface area contributed by atoms with E-state index in [1.54, 1.807) is 13.2 Å². The van der Waals surface area contributed by atoms with Gasteiger partial charge in [0.1, 0.15) is 5.75 Å². The molecule has 0 fully saturated rings. The molecule has 0 radical (unpaired) electrons. The molecule has 96 valence electrons. The topological polar surface area (TPSA) is 41.5 Å². The standard InChI is InChI=1S/C15H19NO2/c1-18-10-4-9-16-11-14-13-6-3-2-5-12(13)7-8-15(14)17/h2-3,5-8,16-17H,4,9-11H2,1H3. The summed E-state index contributed by atoms with van der Waals surface area (Å²) in [4.78, 5) is 0. The molecule has 0 heterocycles. The fourth-order valence-corrected chi connectivity index (χ4v) is 2.07. The van der Waals surface area contributed by atoms with Crippen LogP contribution in [0.25, 0.3) is 10.8 Å². The van der Waals surface area contributed by atoms with E-state index in [4.69, 9.17) is 4.74 Å². The van der Waals surface area contributed by atoms with Crippen molar-refractivity contribution in [3.05, 3.63) is 42.0 Å². The Morgan fingerprint density at radius 1 is 1.17 bits per heavy atom. The lowest BCUT2D eigenvalue weighted by molar-refractivity contribution is 0.194. The van der Waals surface area contributed by atoms with Crippen molar-refractivity contribution in [1.82, 2.24) is 5.32 Å². The van der Waals surface area contributed by atoms with Crippen molar-refractivity contribution in [1.29, 1.82) is 0 Å². The number of ether oxygens (including phenoxy) is 1. The van der Waals surface area contributed by atoms with Crippen LogP contribution in [-0.2, 0) is 11.3 Å². The molecular formula is C15H19NO2. The van der Waals surface area contributed by atoms with E-state index in [1.807, 2.05) is 24.3 Å². The third-order valence-electron chi connectivity index (χ3n) is 3.02. The van der Waals surface area contributed by atoms with E-state index in [9.17, 15) is 5.11 Å². The third-order valence-corrected chi connectivity index (χ3v) is 3.02. The van der Waals surface area contributed by atoms with Gasteiger partial charge in [-0.3, -0.25) is 0 Å². The molecule has 0 aliphatic heterocycles. The molecule has 0 saturated carbocycles. The number of rotatable bonds is 6. The zero-order valence-electron chi connectivity index (χ0n) is 10.6. The van der Waals surface area contributed by atoms with Crippen molar-refractivity contribution < 1.29 is 9.84 Å². The molecule has 2 aromatic carbocycles. The summed E-state index contributed by atoms with van der Waals surface area (Å²) < 4.78 is 5.00. The summed E-state index contributed by atoms with van der Waals surface area (Å²) in [6.07, 6.45) is 0.974. The fraction of sp³-hybridized carbons (Fsp3) is 0.333. The van der Waals surface area contributed by atoms with Crippen LogP contribution in [0, 0.1) is 0 Å². The van der Waals surface area contributed by atoms with Crippen molar-refractivity contribution in [3.63, 3.8) is 0 Å². The maximum atomic E-state index is 9.95. The highest BCUT2D eigenvalue weighted by Crippen LogP contribution is 2.26. The maximum absolute atomic E-state index is 9.95. The maximum Gasteiger partial charge on any atom is 0.120 e. The molecule has 2 rings (SSSR count). The predicted molar refractivity (Wildman–Crippen MR) is 73.8 cm³/mol. The molecule has 2 N–H and O–H groups in total. The SMILES string of the molecule is COCCCNCc1c(O)ccc2ccccc12. The van der Waals surface area contributed by atoms with Gasteiger partial charge < -0.3 is 15.2 Å². The summed E-state index contributed by atoms with van der Waals surface area (Å²) in [7, 11) is 1.70. The van der Waals surface area contributed by atoms with Gasteiger partial charge >= 0.3 is 0 Å². The normalized spacial score (nSPS) is 10.9. The van der Waals surface area contributed by atoms with Crippen LogP contribution in [0.3, 0.4) is 0 Å². The van der Waals surface area contributed by atoms with Crippen LogP contribution < -0.4 is 5.32 Å². The average molecular weight is 245 g/mol. The van der Waals surface area contributed by atoms with E-state index in [2.05, 4.69) is 11.4 Å². The van der Waals surface area contributed by atoms with Gasteiger partial charge in [0.25, 0.3) is 0 Å². The van der Waals surface area contributed by atoms with Gasteiger partial charge in [-0.05, 0) is 29.8 Å². The number of benzene rings is 2. The first-order chi connectivity index (χ1) is 8.83. The van der Waals surface area contributed by atoms with E-state index in [0.29, 0.717) is 12.3 Å². The van der Waals surface area contributed by atoms with E-state index in [1.165, 1.54) is 0 Å². The van der Waals surface area contributed by atoms with E-state index >= 15 is 0 Å². The molecule has 3 nitrogen and oxygen atoms in total. The summed E-state index contributed by atoms with van der Waals surface area (Å²) in [5.41, 5.74) is 0.963. The lowest BCUT2D eigenvalue weighted by Gasteiger charge is -2.10. The highest BCUT2D eigenvalue weighted by molar-refractivity contribution is 5.87. The molecule has 18 heavy (non-hydrogen) atoms. The second-order valence-electron chi connectivity index (χ2n) is 4.31. The zero-order chi connectivity index (χ0) is 12.8. The second kappa shape index (κ2) is 6.38. The Morgan fingerprint density at radius 3 is 2.83 bits per heavy atom. The highest BCUT2D eigenvalue weighted by atomic mass is 16.5. The number of hydrogen-bond acceptors (Lipinski definition) is 3. The Bertz CT molecular complexity index is 511. The van der Waals surface area contributed by atoms with Crippen LogP contribution in [0.1, 0.15) is 12.0 Å². The minimum absolute atomic E-state index is 0.355. The Labute approximate surface area is 107 Å². The first-order valence-corrected chi connectivity index (χ1v) is 6.22. The Kier molecular flexibility index (Phi) is 4.56. The van der Waals surface area contributed by atoms with E-state index < -0.39 is 0 Å². The lowest BCUT2D eigenvalue weighted by atomic mass is 10.0. The smallest absolute Gasteiger partial charge is 0.120 e. The average Bonchev–Trinajstić information content (AvgIpc) is 2.41. The van der Waals surface area contributed by atoms with E-state index in [0.717, 1.165) is 35.9 Å². The second-order valence-corrected chi connectivity index (χ2v) is 4.31. The third kappa shape index (κ3) is 3.00. The molecule has 0 aliphatic rings. The summed E-state index contributed by atoms with van der Waals surface area (Å²) in [5, 5.41) is 15.5. The Hall–Kier alpha value is -1.58. The van der Waals surface area contributed by atoms with Gasteiger partial charge in [0, 0.05) is 25.8 Å². The van der Waals surface area contributed by atoms with Crippen LogP contribution in [-0.4, -0.2) is 25.4 Å². The molecule has 0 bridgehead atoms. The minimum Gasteiger partial charge on any atom is -0.508 e. The molecule has 2 aromatic rings. The van der Waals surface area contributed by atoms with Gasteiger partial charge in [0.05, 0.1) is 0 Å². The number of hydrogen-bond donors (Lipinski definition) is 2. The van der Waals surface area contributed by atoms with Gasteiger partial charge in [-0.25, -0.2) is 0 Å². The van der Waals surface area contributed by atoms with Gasteiger partial charge in [-0.1, -0.05) is 30.3 Å². The molecule has 0 aliphatic carbocycles. The van der Waals surface area contributed by atoms with Crippen molar-refractivity contribution in [2.75, 3.05) is 20.3 Å². The Morgan fingerprint density at radius 2 is 2.00 bits per heavy atom. The van der Waals surface area contributed by atoms with Crippen molar-refractivity contribution in [2.45, 2.75) is 13.0 Å². The summed E-state index contributed by atoms with van der Waals surface area (Å²) in [6.45, 7) is 2.32. The molecule has 3 heteroatoms. The van der Waals surface area contributed by atoms with Gasteiger partial charge in [-0.2, -0.15) is 0 Å². The Balaban J connectivity index is 2.09. The predicted octanol–water partition coefficient (Wildman–Crippen LogP) is 2.67. The number of methoxy groups -OCH3 is 1. The molecule has 0 spiro atoms. The summed E-state index contributed by atoms with van der Waals surface area (Å²) in [5.74, 6) is 0.355. The number of aromatic hydroxyl groups is 1. The highest BCUT2D eigenvalue weighted by Gasteiger charge is 2.05. The summed E-state index contributed by atoms with van der Waals surface area (Å²) >= 11 is 0. The molecule has 0 atom stereocenters. The molecule has 0 amide bonds. The molecule has 0 aromatic heterocycles. The minimum atomic E-state index is 0.355. The van der Waals surface area contributed by atoms with Crippen molar-refractivity contribution >= 4 is 10.8 Å². The van der Waals surface area contributed by atoms with Crippen LogP contribution >= 0.6 is 0 Å². The van der Waals surface area contributed by atoms with Crippen molar-refractivity contribution in [3.8, 4) is 5.75 Å². The number of phenols is 1.